The third-order valence-corrected chi connectivity index (χ3v) is 5.29. The van der Waals surface area contributed by atoms with Crippen LogP contribution in [0.15, 0.2) is 48.5 Å². The van der Waals surface area contributed by atoms with Crippen LogP contribution in [0.25, 0.3) is 0 Å². The third-order valence-electron chi connectivity index (χ3n) is 3.44. The first-order chi connectivity index (χ1) is 10.9. The topological polar surface area (TPSA) is 0 Å². The van der Waals surface area contributed by atoms with Crippen LogP contribution in [0.5, 0.6) is 0 Å². The van der Waals surface area contributed by atoms with Crippen molar-refractivity contribution in [3.8, 4) is 0 Å². The summed E-state index contributed by atoms with van der Waals surface area (Å²) in [7, 11) is 0. The van der Waals surface area contributed by atoms with Crippen LogP contribution in [0.1, 0.15) is 66.5 Å². The molecule has 2 rings (SSSR count). The second-order valence-electron chi connectivity index (χ2n) is 8.11. The molecule has 0 saturated carbocycles. The summed E-state index contributed by atoms with van der Waals surface area (Å²) in [5.74, 6) is 0. The number of hydrogen-bond donors (Lipinski definition) is 0. The second-order valence-corrected chi connectivity index (χ2v) is 11.8. The van der Waals surface area contributed by atoms with Gasteiger partial charge >= 0.3 is 44.8 Å². The Morgan fingerprint density at radius 3 is 1.17 bits per heavy atom. The molecule has 24 heavy (non-hydrogen) atoms. The Kier molecular flexibility index (Phi) is 10.0. The van der Waals surface area contributed by atoms with Crippen LogP contribution in [0.4, 0.5) is 5.25 Å². The van der Waals surface area contributed by atoms with E-state index in [1.165, 1.54) is 25.0 Å². The molecule has 0 amide bonds. The zero-order valence-electron chi connectivity index (χ0n) is 16.4. The fourth-order valence-corrected chi connectivity index (χ4v) is 1.75. The molecule has 0 N–H and O–H groups in total. The molecule has 0 atom stereocenters. The first-order valence-electron chi connectivity index (χ1n) is 8.28. The average Bonchev–Trinajstić information content (AvgIpc) is 3.12. The van der Waals surface area contributed by atoms with Gasteiger partial charge in [0.1, 0.15) is 0 Å². The number of rotatable bonds is 0. The van der Waals surface area contributed by atoms with Crippen LogP contribution < -0.4 is 0 Å². The van der Waals surface area contributed by atoms with Crippen LogP contribution in [-0.2, 0) is 33.3 Å². The van der Waals surface area contributed by atoms with Crippen LogP contribution in [0.3, 0.4) is 0 Å². The van der Waals surface area contributed by atoms with Crippen molar-refractivity contribution < 1.29 is 27.7 Å². The maximum absolute atomic E-state index is 11.3. The van der Waals surface area contributed by atoms with E-state index in [0.29, 0.717) is 14.0 Å². The zero-order chi connectivity index (χ0) is 19.0. The molecule has 0 radical (unpaired) electrons. The van der Waals surface area contributed by atoms with Gasteiger partial charge in [-0.15, -0.1) is 0 Å². The van der Waals surface area contributed by atoms with E-state index in [2.05, 4.69) is 90.1 Å². The Labute approximate surface area is 156 Å². The predicted octanol–water partition coefficient (Wildman–Crippen LogP) is 6.99. The minimum absolute atomic E-state index is 0.323. The van der Waals surface area contributed by atoms with Crippen molar-refractivity contribution in [1.82, 2.24) is 0 Å². The van der Waals surface area contributed by atoms with Gasteiger partial charge in [-0.25, -0.2) is 12.1 Å². The summed E-state index contributed by atoms with van der Waals surface area (Å²) in [5.41, 5.74) is 3.48. The van der Waals surface area contributed by atoms with Gasteiger partial charge in [-0.05, 0) is 0 Å². The third kappa shape index (κ3) is 10.2. The molecule has 0 bridgehead atoms. The summed E-state index contributed by atoms with van der Waals surface area (Å²) in [5, 5.41) is 0. The molecule has 0 spiro atoms. The molecule has 0 aliphatic heterocycles. The van der Waals surface area contributed by atoms with Crippen molar-refractivity contribution in [1.29, 1.82) is 0 Å². The molecular formula is C21H32F2Zr-2. The van der Waals surface area contributed by atoms with Gasteiger partial charge < -0.3 is 0 Å². The Morgan fingerprint density at radius 1 is 0.792 bits per heavy atom. The first-order valence-corrected chi connectivity index (χ1v) is 11.4. The molecule has 0 saturated heterocycles. The molecule has 0 aliphatic carbocycles. The van der Waals surface area contributed by atoms with E-state index in [-0.39, 0.29) is 0 Å². The Morgan fingerprint density at radius 2 is 1.08 bits per heavy atom. The molecule has 3 heteroatoms. The molecule has 2 aromatic carbocycles. The van der Waals surface area contributed by atoms with E-state index in [0.717, 1.165) is 0 Å². The first kappa shape index (κ1) is 23.3. The van der Waals surface area contributed by atoms with E-state index < -0.39 is 22.5 Å². The molecule has 0 unspecified atom stereocenters. The standard InChI is InChI=1S/2C9H13.C3H6.2FH.Zr/c2*1-9(2,3)8-6-4-5-7-8;1-3-2;;;/h2*4-7H,1-3H3;1-2H3;2*1H;/q2*-1;;;;+2/p-2. The average molecular weight is 414 g/mol. The molecule has 0 fully saturated rings. The Hall–Kier alpha value is -0.687. The van der Waals surface area contributed by atoms with E-state index in [4.69, 9.17) is 0 Å². The van der Waals surface area contributed by atoms with Crippen LogP contribution in [-0.4, -0.2) is 3.21 Å². The van der Waals surface area contributed by atoms with E-state index >= 15 is 0 Å². The monoisotopic (exact) mass is 412 g/mol. The summed E-state index contributed by atoms with van der Waals surface area (Å²) in [6.45, 7) is 16.3. The van der Waals surface area contributed by atoms with Crippen LogP contribution >= 0.6 is 0 Å². The van der Waals surface area contributed by atoms with Crippen molar-refractivity contribution in [3.63, 3.8) is 0 Å². The molecule has 136 valence electrons. The molecule has 0 aromatic heterocycles. The molecule has 0 aliphatic rings. The molecular weight excluding hydrogens is 381 g/mol. The van der Waals surface area contributed by atoms with E-state index in [1.54, 1.807) is 0 Å². The van der Waals surface area contributed by atoms with Crippen molar-refractivity contribution in [2.45, 2.75) is 66.2 Å². The van der Waals surface area contributed by atoms with Gasteiger partial charge in [-0.1, -0.05) is 52.4 Å². The van der Waals surface area contributed by atoms with E-state index in [1.807, 2.05) is 0 Å². The minimum atomic E-state index is -3.78. The zero-order valence-corrected chi connectivity index (χ0v) is 18.8. The van der Waals surface area contributed by atoms with Crippen LogP contribution in [0, 0.1) is 0 Å². The number of halogens is 2. The van der Waals surface area contributed by atoms with Gasteiger partial charge in [0.2, 0.25) is 0 Å². The summed E-state index contributed by atoms with van der Waals surface area (Å²) in [6, 6.07) is 17.0. The quantitative estimate of drug-likeness (QED) is 0.408. The van der Waals surface area contributed by atoms with E-state index in [9.17, 15) is 5.25 Å². The van der Waals surface area contributed by atoms with Gasteiger partial charge in [0.25, 0.3) is 0 Å². The van der Waals surface area contributed by atoms with Crippen LogP contribution in [0.2, 0.25) is 0 Å². The normalized spacial score (nSPS) is 10.9. The van der Waals surface area contributed by atoms with Gasteiger partial charge in [0.05, 0.1) is 0 Å². The van der Waals surface area contributed by atoms with Crippen molar-refractivity contribution in [2.75, 3.05) is 0 Å². The van der Waals surface area contributed by atoms with Gasteiger partial charge in [-0.3, -0.25) is 0 Å². The van der Waals surface area contributed by atoms with Crippen molar-refractivity contribution >= 4 is 3.21 Å². The van der Waals surface area contributed by atoms with Gasteiger partial charge in [0, 0.05) is 0 Å². The fourth-order valence-electron chi connectivity index (χ4n) is 1.75. The molecule has 0 nitrogen and oxygen atoms in total. The summed E-state index contributed by atoms with van der Waals surface area (Å²) >= 11 is -3.78. The molecule has 2 aromatic rings. The Bertz CT molecular complexity index is 515. The van der Waals surface area contributed by atoms with Crippen molar-refractivity contribution in [3.05, 3.63) is 59.7 Å². The predicted molar refractivity (Wildman–Crippen MR) is 100 cm³/mol. The Balaban J connectivity index is 0.000000340. The van der Waals surface area contributed by atoms with Gasteiger partial charge in [-0.2, -0.15) is 47.5 Å². The van der Waals surface area contributed by atoms with Gasteiger partial charge in [0.15, 0.2) is 0 Å². The summed E-state index contributed by atoms with van der Waals surface area (Å²) in [4.78, 5) is 0. The number of hydrogen-bond acceptors (Lipinski definition) is 0. The molecule has 0 heterocycles. The SMILES string of the molecule is CC(C)(C)c1cc[cH-]c1.CC(C)(C)c1cc[cH-]c1.C[C](C)=[Zr]([F])[F]. The second kappa shape index (κ2) is 10.3. The summed E-state index contributed by atoms with van der Waals surface area (Å²) < 4.78 is 23.0. The maximum atomic E-state index is 11.3. The summed E-state index contributed by atoms with van der Waals surface area (Å²) in [6.07, 6.45) is 0. The van der Waals surface area contributed by atoms with Crippen molar-refractivity contribution in [2.24, 2.45) is 0 Å². The fraction of sp³-hybridized carbons (Fsp3) is 0.476.